The van der Waals surface area contributed by atoms with E-state index < -0.39 is 6.09 Å². The summed E-state index contributed by atoms with van der Waals surface area (Å²) in [6.07, 6.45) is 27.7. The molecule has 1 amide bonds. The number of fused-ring (bicyclic) bond motifs is 1. The summed E-state index contributed by atoms with van der Waals surface area (Å²) in [4.78, 5) is 12.2. The van der Waals surface area contributed by atoms with Gasteiger partial charge in [0.05, 0.1) is 0 Å². The first-order valence-corrected chi connectivity index (χ1v) is 13.1. The van der Waals surface area contributed by atoms with Gasteiger partial charge in [-0.3, -0.25) is 5.32 Å². The number of hydrogen-bond donors (Lipinski definition) is 1. The lowest BCUT2D eigenvalue weighted by Gasteiger charge is -2.26. The summed E-state index contributed by atoms with van der Waals surface area (Å²) in [5, 5.41) is 2.88. The van der Waals surface area contributed by atoms with Crippen LogP contribution in [0.3, 0.4) is 0 Å². The minimum absolute atomic E-state index is 0.294. The molecule has 0 aliphatic heterocycles. The SMILES string of the molecule is CC(C)=CCC/C(C)=C/CC/C(C)=C/CC/C(C)=C/COC(=O)NC1=C[C@H](C)C2C=CC=CC2=C1. The Hall–Kier alpha value is -2.81. The van der Waals surface area contributed by atoms with Gasteiger partial charge in [-0.15, -0.1) is 0 Å². The van der Waals surface area contributed by atoms with Crippen LogP contribution >= 0.6 is 0 Å². The molecule has 0 bridgehead atoms. The number of carbonyl (C=O) groups is 1. The molecule has 35 heavy (non-hydrogen) atoms. The van der Waals surface area contributed by atoms with Crippen LogP contribution in [0.1, 0.15) is 80.1 Å². The fourth-order valence-corrected chi connectivity index (χ4v) is 4.29. The molecule has 0 aromatic rings. The molecule has 190 valence electrons. The number of rotatable bonds is 12. The predicted molar refractivity (Wildman–Crippen MR) is 150 cm³/mol. The van der Waals surface area contributed by atoms with Crippen molar-refractivity contribution in [2.24, 2.45) is 11.8 Å². The van der Waals surface area contributed by atoms with Crippen LogP contribution in [-0.4, -0.2) is 12.7 Å². The topological polar surface area (TPSA) is 38.3 Å². The summed E-state index contributed by atoms with van der Waals surface area (Å²) in [6.45, 7) is 13.3. The fourth-order valence-electron chi connectivity index (χ4n) is 4.29. The van der Waals surface area contributed by atoms with E-state index in [1.54, 1.807) is 0 Å². The number of carbonyl (C=O) groups excluding carboxylic acids is 1. The number of allylic oxidation sites excluding steroid dienone is 14. The lowest BCUT2D eigenvalue weighted by Crippen LogP contribution is -2.27. The third-order valence-electron chi connectivity index (χ3n) is 6.48. The van der Waals surface area contributed by atoms with Gasteiger partial charge in [0.2, 0.25) is 0 Å². The zero-order valence-electron chi connectivity index (χ0n) is 22.7. The van der Waals surface area contributed by atoms with Gasteiger partial charge in [0.25, 0.3) is 0 Å². The van der Waals surface area contributed by atoms with Crippen LogP contribution in [0.4, 0.5) is 4.79 Å². The summed E-state index contributed by atoms with van der Waals surface area (Å²) in [7, 11) is 0. The summed E-state index contributed by atoms with van der Waals surface area (Å²) >= 11 is 0. The van der Waals surface area contributed by atoms with Crippen molar-refractivity contribution in [1.82, 2.24) is 5.32 Å². The molecule has 0 heterocycles. The number of ether oxygens (including phenoxy) is 1. The van der Waals surface area contributed by atoms with E-state index in [0.717, 1.165) is 44.2 Å². The van der Waals surface area contributed by atoms with E-state index in [-0.39, 0.29) is 0 Å². The molecular formula is C32H45NO2. The summed E-state index contributed by atoms with van der Waals surface area (Å²) in [5.74, 6) is 0.737. The van der Waals surface area contributed by atoms with Crippen molar-refractivity contribution < 1.29 is 9.53 Å². The normalized spacial score (nSPS) is 20.1. The maximum absolute atomic E-state index is 12.2. The van der Waals surface area contributed by atoms with E-state index in [9.17, 15) is 4.79 Å². The van der Waals surface area contributed by atoms with Crippen LogP contribution in [0.15, 0.2) is 94.3 Å². The lowest BCUT2D eigenvalue weighted by molar-refractivity contribution is 0.161. The molecule has 0 aromatic heterocycles. The molecule has 0 radical (unpaired) electrons. The molecule has 0 saturated heterocycles. The van der Waals surface area contributed by atoms with Gasteiger partial charge < -0.3 is 4.74 Å². The van der Waals surface area contributed by atoms with Gasteiger partial charge in [-0.05, 0) is 96.8 Å². The highest BCUT2D eigenvalue weighted by molar-refractivity contribution is 5.71. The highest BCUT2D eigenvalue weighted by Gasteiger charge is 2.22. The van der Waals surface area contributed by atoms with Crippen molar-refractivity contribution in [3.05, 3.63) is 94.3 Å². The largest absolute Gasteiger partial charge is 0.445 e. The van der Waals surface area contributed by atoms with Gasteiger partial charge >= 0.3 is 6.09 Å². The minimum atomic E-state index is -0.405. The van der Waals surface area contributed by atoms with Crippen molar-refractivity contribution >= 4 is 6.09 Å². The number of amides is 1. The molecule has 3 heteroatoms. The fraction of sp³-hybridized carbons (Fsp3) is 0.469. The molecule has 2 aliphatic rings. The van der Waals surface area contributed by atoms with Gasteiger partial charge in [0, 0.05) is 11.6 Å². The monoisotopic (exact) mass is 475 g/mol. The Morgan fingerprint density at radius 1 is 0.886 bits per heavy atom. The molecule has 2 aliphatic carbocycles. The molecule has 0 fully saturated rings. The molecule has 0 spiro atoms. The van der Waals surface area contributed by atoms with Crippen LogP contribution in [0.5, 0.6) is 0 Å². The van der Waals surface area contributed by atoms with Crippen LogP contribution in [-0.2, 0) is 4.74 Å². The van der Waals surface area contributed by atoms with Crippen molar-refractivity contribution in [2.75, 3.05) is 6.61 Å². The van der Waals surface area contributed by atoms with E-state index in [4.69, 9.17) is 4.74 Å². The zero-order valence-corrected chi connectivity index (χ0v) is 22.7. The Labute approximate surface area is 213 Å². The highest BCUT2D eigenvalue weighted by atomic mass is 16.5. The summed E-state index contributed by atoms with van der Waals surface area (Å²) in [5.41, 5.74) is 7.60. The van der Waals surface area contributed by atoms with Crippen molar-refractivity contribution in [3.63, 3.8) is 0 Å². The number of hydrogen-bond acceptors (Lipinski definition) is 2. The Bertz CT molecular complexity index is 962. The maximum atomic E-state index is 12.2. The summed E-state index contributed by atoms with van der Waals surface area (Å²) in [6, 6.07) is 0. The quantitative estimate of drug-likeness (QED) is 0.286. The van der Waals surface area contributed by atoms with Gasteiger partial charge in [-0.25, -0.2) is 4.79 Å². The third-order valence-corrected chi connectivity index (χ3v) is 6.48. The van der Waals surface area contributed by atoms with Crippen molar-refractivity contribution in [1.29, 1.82) is 0 Å². The highest BCUT2D eigenvalue weighted by Crippen LogP contribution is 2.32. The van der Waals surface area contributed by atoms with Crippen molar-refractivity contribution in [2.45, 2.75) is 80.1 Å². The minimum Gasteiger partial charge on any atom is -0.445 e. The standard InChI is InChI=1S/C32H45NO2/c1-24(2)12-9-13-25(3)14-10-15-26(4)16-11-17-27(5)20-21-35-32(34)33-30-22-28(6)31-19-8-7-18-29(31)23-30/h7-8,12,14,16,18-20,22-23,28,31H,9-11,13,15,17,21H2,1-6H3,(H,33,34)/b25-14+,26-16+,27-20+/t28-,31?/m0/s1. The first-order valence-electron chi connectivity index (χ1n) is 13.1. The second-order valence-electron chi connectivity index (χ2n) is 10.2. The summed E-state index contributed by atoms with van der Waals surface area (Å²) < 4.78 is 5.38. The first kappa shape index (κ1) is 28.4. The Balaban J connectivity index is 1.65. The first-order chi connectivity index (χ1) is 16.7. The van der Waals surface area contributed by atoms with Crippen LogP contribution in [0.2, 0.25) is 0 Å². The Morgan fingerprint density at radius 3 is 2.11 bits per heavy atom. The van der Waals surface area contributed by atoms with E-state index in [2.05, 4.69) is 89.4 Å². The molecule has 1 unspecified atom stereocenters. The Morgan fingerprint density at radius 2 is 1.49 bits per heavy atom. The van der Waals surface area contributed by atoms with Gasteiger partial charge in [-0.2, -0.15) is 0 Å². The van der Waals surface area contributed by atoms with Crippen molar-refractivity contribution in [3.8, 4) is 0 Å². The molecule has 0 saturated carbocycles. The average Bonchev–Trinajstić information content (AvgIpc) is 2.79. The molecule has 0 aromatic carbocycles. The lowest BCUT2D eigenvalue weighted by atomic mass is 9.80. The van der Waals surface area contributed by atoms with E-state index >= 15 is 0 Å². The molecular weight excluding hydrogens is 430 g/mol. The zero-order chi connectivity index (χ0) is 25.6. The number of alkyl carbamates (subject to hydrolysis) is 1. The second kappa shape index (κ2) is 15.2. The number of nitrogens with one attached hydrogen (secondary N) is 1. The average molecular weight is 476 g/mol. The van der Waals surface area contributed by atoms with Gasteiger partial charge in [0.1, 0.15) is 6.61 Å². The molecule has 2 atom stereocenters. The maximum Gasteiger partial charge on any atom is 0.411 e. The smallest absolute Gasteiger partial charge is 0.411 e. The van der Waals surface area contributed by atoms with E-state index in [1.807, 2.05) is 18.2 Å². The third kappa shape index (κ3) is 11.4. The van der Waals surface area contributed by atoms with Crippen LogP contribution in [0, 0.1) is 11.8 Å². The van der Waals surface area contributed by atoms with E-state index in [1.165, 1.54) is 27.9 Å². The predicted octanol–water partition coefficient (Wildman–Crippen LogP) is 9.06. The molecule has 1 N–H and O–H groups in total. The van der Waals surface area contributed by atoms with E-state index in [0.29, 0.717) is 18.4 Å². The van der Waals surface area contributed by atoms with Gasteiger partial charge in [0.15, 0.2) is 0 Å². The molecule has 2 rings (SSSR count). The Kier molecular flexibility index (Phi) is 12.4. The second-order valence-corrected chi connectivity index (χ2v) is 10.2. The van der Waals surface area contributed by atoms with Gasteiger partial charge in [-0.1, -0.05) is 77.8 Å². The van der Waals surface area contributed by atoms with Crippen LogP contribution in [0.25, 0.3) is 0 Å². The van der Waals surface area contributed by atoms with Crippen LogP contribution < -0.4 is 5.32 Å². The molecule has 3 nitrogen and oxygen atoms in total.